The molecule has 0 saturated heterocycles. The zero-order valence-corrected chi connectivity index (χ0v) is 15.2. The van der Waals surface area contributed by atoms with Gasteiger partial charge in [-0.25, -0.2) is 0 Å². The van der Waals surface area contributed by atoms with Crippen molar-refractivity contribution in [3.63, 3.8) is 0 Å². The molecular formula is C23H21OS+. The number of hydrogen-bond donors (Lipinski definition) is 0. The molecule has 1 nitrogen and oxygen atoms in total. The van der Waals surface area contributed by atoms with Crippen molar-refractivity contribution in [3.8, 4) is 4.90 Å². The minimum absolute atomic E-state index is 0.0787. The van der Waals surface area contributed by atoms with Crippen LogP contribution < -0.4 is 0 Å². The average Bonchev–Trinajstić information content (AvgIpc) is 3.00. The van der Waals surface area contributed by atoms with E-state index in [-0.39, 0.29) is 16.3 Å². The van der Waals surface area contributed by atoms with Crippen molar-refractivity contribution in [2.24, 2.45) is 0 Å². The Morgan fingerprint density at radius 1 is 0.840 bits per heavy atom. The summed E-state index contributed by atoms with van der Waals surface area (Å²) in [6, 6.07) is 25.6. The van der Waals surface area contributed by atoms with Crippen molar-refractivity contribution in [1.82, 2.24) is 0 Å². The topological polar surface area (TPSA) is 17.1 Å². The predicted molar refractivity (Wildman–Crippen MR) is 109 cm³/mol. The molecule has 4 rings (SSSR count). The number of unbranched alkanes of at least 4 members (excludes halogenated alkanes) is 1. The van der Waals surface area contributed by atoms with Crippen LogP contribution in [0.2, 0.25) is 0 Å². The molecule has 124 valence electrons. The highest BCUT2D eigenvalue weighted by atomic mass is 32.2. The smallest absolute Gasteiger partial charge is 0.187 e. The second kappa shape index (κ2) is 6.81. The molecule has 0 radical (unpaired) electrons. The first-order chi connectivity index (χ1) is 12.3. The number of carbonyl (C=O) groups is 1. The van der Waals surface area contributed by atoms with Gasteiger partial charge in [-0.2, -0.15) is 0 Å². The largest absolute Gasteiger partial charge is 0.294 e. The standard InChI is InChI=1S/C23H21OS/c1-2-3-12-21(24)17-14-15-23-20(16-17)19-11-7-8-13-22(19)25(23)18-9-5-4-6-10-18/h4-11,13-16H,2-3,12H2,1H3/q+1. The fraction of sp³-hybridized carbons (Fsp3) is 0.174. The van der Waals surface area contributed by atoms with Crippen LogP contribution in [0.15, 0.2) is 72.8 Å². The Morgan fingerprint density at radius 3 is 2.36 bits per heavy atom. The van der Waals surface area contributed by atoms with Gasteiger partial charge < -0.3 is 0 Å². The first kappa shape index (κ1) is 16.0. The van der Waals surface area contributed by atoms with Gasteiger partial charge in [0, 0.05) is 33.2 Å². The van der Waals surface area contributed by atoms with Crippen molar-refractivity contribution in [2.45, 2.75) is 26.2 Å². The van der Waals surface area contributed by atoms with Gasteiger partial charge in [-0.3, -0.25) is 4.79 Å². The summed E-state index contributed by atoms with van der Waals surface area (Å²) in [4.78, 5) is 13.8. The molecule has 0 aliphatic heterocycles. The van der Waals surface area contributed by atoms with Gasteiger partial charge >= 0.3 is 0 Å². The fourth-order valence-electron chi connectivity index (χ4n) is 3.37. The van der Waals surface area contributed by atoms with Gasteiger partial charge in [0.2, 0.25) is 0 Å². The molecule has 0 aliphatic rings. The summed E-state index contributed by atoms with van der Waals surface area (Å²) in [5.41, 5.74) is 0.848. The van der Waals surface area contributed by atoms with Gasteiger partial charge in [-0.05, 0) is 48.9 Å². The molecule has 0 amide bonds. The van der Waals surface area contributed by atoms with Crippen LogP contribution in [0.4, 0.5) is 0 Å². The second-order valence-electron chi connectivity index (χ2n) is 6.35. The number of rotatable bonds is 5. The molecular weight excluding hydrogens is 324 g/mol. The Labute approximate surface area is 150 Å². The molecule has 0 N–H and O–H groups in total. The normalized spacial score (nSPS) is 12.0. The van der Waals surface area contributed by atoms with Crippen molar-refractivity contribution in [1.29, 1.82) is 0 Å². The molecule has 0 bridgehead atoms. The highest BCUT2D eigenvalue weighted by Gasteiger charge is 2.23. The maximum Gasteiger partial charge on any atom is 0.187 e. The Hall–Kier alpha value is -2.45. The number of hydrogen-bond acceptors (Lipinski definition) is 1. The van der Waals surface area contributed by atoms with Crippen LogP contribution in [0.1, 0.15) is 36.5 Å². The Balaban J connectivity index is 1.95. The number of carbonyl (C=O) groups excluding carboxylic acids is 1. The van der Waals surface area contributed by atoms with Gasteiger partial charge in [0.15, 0.2) is 20.1 Å². The predicted octanol–water partition coefficient (Wildman–Crippen LogP) is 7.10. The summed E-state index contributed by atoms with van der Waals surface area (Å²) in [5.74, 6) is 0.258. The van der Waals surface area contributed by atoms with Crippen molar-refractivity contribution < 1.29 is 4.79 Å². The van der Waals surface area contributed by atoms with E-state index >= 15 is 0 Å². The third kappa shape index (κ3) is 2.87. The van der Waals surface area contributed by atoms with Crippen molar-refractivity contribution in [3.05, 3.63) is 78.4 Å². The minimum Gasteiger partial charge on any atom is -0.294 e. The Kier molecular flexibility index (Phi) is 4.37. The number of ketones is 1. The molecule has 0 spiro atoms. The van der Waals surface area contributed by atoms with E-state index in [1.54, 1.807) is 0 Å². The molecule has 1 heterocycles. The molecule has 25 heavy (non-hydrogen) atoms. The van der Waals surface area contributed by atoms with Crippen molar-refractivity contribution >= 4 is 36.4 Å². The summed E-state index contributed by atoms with van der Waals surface area (Å²) >= 11 is 0. The number of benzene rings is 3. The zero-order valence-electron chi connectivity index (χ0n) is 14.4. The van der Waals surface area contributed by atoms with Crippen LogP contribution in [0.25, 0.3) is 25.1 Å². The lowest BCUT2D eigenvalue weighted by atomic mass is 10.0. The molecule has 3 aromatic carbocycles. The minimum atomic E-state index is -0.0787. The Bertz CT molecular complexity index is 1040. The third-order valence-electron chi connectivity index (χ3n) is 4.65. The summed E-state index contributed by atoms with van der Waals surface area (Å²) in [6.45, 7) is 2.12. The van der Waals surface area contributed by atoms with Crippen LogP contribution in [0, 0.1) is 0 Å². The average molecular weight is 345 g/mol. The first-order valence-corrected chi connectivity index (χ1v) is 10.1. The van der Waals surface area contributed by atoms with Crippen LogP contribution in [-0.4, -0.2) is 5.78 Å². The SMILES string of the molecule is CCCCC(=O)c1ccc2c(c1)c1ccccc1[s+]2-c1ccccc1. The summed E-state index contributed by atoms with van der Waals surface area (Å²) in [6.07, 6.45) is 2.65. The number of thiophene rings is 1. The van der Waals surface area contributed by atoms with E-state index in [9.17, 15) is 4.79 Å². The number of fused-ring (bicyclic) bond motifs is 3. The lowest BCUT2D eigenvalue weighted by molar-refractivity contribution is 0.0980. The summed E-state index contributed by atoms with van der Waals surface area (Å²) in [7, 11) is -0.0787. The molecule has 0 fully saturated rings. The molecule has 1 unspecified atom stereocenters. The number of Topliss-reactive ketones (excluding diaryl/α,β-unsaturated/α-hetero) is 1. The van der Waals surface area contributed by atoms with E-state index in [1.165, 1.54) is 25.1 Å². The zero-order chi connectivity index (χ0) is 17.2. The molecule has 1 aromatic heterocycles. The van der Waals surface area contributed by atoms with E-state index in [0.29, 0.717) is 6.42 Å². The molecule has 0 aliphatic carbocycles. The van der Waals surface area contributed by atoms with Gasteiger partial charge in [-0.1, -0.05) is 43.7 Å². The lowest BCUT2D eigenvalue weighted by Gasteiger charge is -1.99. The fourth-order valence-corrected chi connectivity index (χ4v) is 5.75. The van der Waals surface area contributed by atoms with E-state index in [2.05, 4.69) is 73.7 Å². The molecule has 1 atom stereocenters. The van der Waals surface area contributed by atoms with Crippen LogP contribution in [-0.2, 0) is 0 Å². The molecule has 2 heteroatoms. The molecule has 4 aromatic rings. The first-order valence-electron chi connectivity index (χ1n) is 8.85. The van der Waals surface area contributed by atoms with Crippen LogP contribution >= 0.6 is 10.5 Å². The van der Waals surface area contributed by atoms with E-state index < -0.39 is 0 Å². The van der Waals surface area contributed by atoms with Crippen LogP contribution in [0.5, 0.6) is 0 Å². The Morgan fingerprint density at radius 2 is 1.56 bits per heavy atom. The maximum absolute atomic E-state index is 12.5. The van der Waals surface area contributed by atoms with Gasteiger partial charge in [0.25, 0.3) is 0 Å². The quantitative estimate of drug-likeness (QED) is 0.278. The monoisotopic (exact) mass is 345 g/mol. The van der Waals surface area contributed by atoms with E-state index in [0.717, 1.165) is 18.4 Å². The maximum atomic E-state index is 12.5. The van der Waals surface area contributed by atoms with Crippen molar-refractivity contribution in [2.75, 3.05) is 0 Å². The summed E-state index contributed by atoms with van der Waals surface area (Å²) in [5, 5.41) is 2.50. The summed E-state index contributed by atoms with van der Waals surface area (Å²) < 4.78 is 2.70. The highest BCUT2D eigenvalue weighted by molar-refractivity contribution is 7.50. The van der Waals surface area contributed by atoms with Crippen LogP contribution in [0.3, 0.4) is 0 Å². The highest BCUT2D eigenvalue weighted by Crippen LogP contribution is 2.48. The van der Waals surface area contributed by atoms with E-state index in [4.69, 9.17) is 0 Å². The molecule has 0 saturated carbocycles. The van der Waals surface area contributed by atoms with Gasteiger partial charge in [0.1, 0.15) is 0 Å². The third-order valence-corrected chi connectivity index (χ3v) is 6.99. The van der Waals surface area contributed by atoms with E-state index in [1.807, 2.05) is 6.07 Å². The van der Waals surface area contributed by atoms with Gasteiger partial charge in [0.05, 0.1) is 0 Å². The second-order valence-corrected chi connectivity index (χ2v) is 8.32. The van der Waals surface area contributed by atoms with Gasteiger partial charge in [-0.15, -0.1) is 0 Å². The lowest BCUT2D eigenvalue weighted by Crippen LogP contribution is -1.97.